The van der Waals surface area contributed by atoms with E-state index in [4.69, 9.17) is 16.3 Å². The first-order chi connectivity index (χ1) is 13.6. The van der Waals surface area contributed by atoms with E-state index in [0.717, 1.165) is 41.8 Å². The van der Waals surface area contributed by atoms with Gasteiger partial charge in [-0.05, 0) is 74.7 Å². The number of hydrogen-bond acceptors (Lipinski definition) is 4. The molecule has 0 saturated carbocycles. The highest BCUT2D eigenvalue weighted by molar-refractivity contribution is 6.30. The summed E-state index contributed by atoms with van der Waals surface area (Å²) in [5, 5.41) is 0.671. The third kappa shape index (κ3) is 4.22. The summed E-state index contributed by atoms with van der Waals surface area (Å²) < 4.78 is 5.88. The van der Waals surface area contributed by atoms with Crippen molar-refractivity contribution < 1.29 is 9.53 Å². The van der Waals surface area contributed by atoms with Crippen LogP contribution in [-0.2, 0) is 17.8 Å². The SMILES string of the molecule is CN1CCCC1CCOCc1cncc(N2CCc3cc(Cl)ccc3C2=O)c1. The van der Waals surface area contributed by atoms with Crippen LogP contribution in [-0.4, -0.2) is 48.6 Å². The number of nitrogens with zero attached hydrogens (tertiary/aromatic N) is 3. The molecule has 1 unspecified atom stereocenters. The van der Waals surface area contributed by atoms with E-state index in [1.165, 1.54) is 19.4 Å². The number of carbonyl (C=O) groups excluding carboxylic acids is 1. The van der Waals surface area contributed by atoms with Gasteiger partial charge in [-0.1, -0.05) is 11.6 Å². The highest BCUT2D eigenvalue weighted by Crippen LogP contribution is 2.27. The normalized spacial score (nSPS) is 19.9. The lowest BCUT2D eigenvalue weighted by Crippen LogP contribution is -2.37. The van der Waals surface area contributed by atoms with Crippen LogP contribution in [0.1, 0.15) is 40.7 Å². The summed E-state index contributed by atoms with van der Waals surface area (Å²) in [6.07, 6.45) is 7.96. The quantitative estimate of drug-likeness (QED) is 0.690. The second-order valence-electron chi connectivity index (χ2n) is 7.68. The summed E-state index contributed by atoms with van der Waals surface area (Å²) in [5.74, 6) is 0.00190. The zero-order valence-corrected chi connectivity index (χ0v) is 17.0. The number of likely N-dealkylation sites (tertiary alicyclic amines) is 1. The number of rotatable bonds is 6. The number of anilines is 1. The minimum atomic E-state index is 0.00190. The van der Waals surface area contributed by atoms with Crippen LogP contribution < -0.4 is 4.90 Å². The number of hydrogen-bond donors (Lipinski definition) is 0. The first-order valence-corrected chi connectivity index (χ1v) is 10.3. The molecule has 1 amide bonds. The van der Waals surface area contributed by atoms with Crippen LogP contribution in [0.3, 0.4) is 0 Å². The smallest absolute Gasteiger partial charge is 0.258 e. The van der Waals surface area contributed by atoms with Gasteiger partial charge in [-0.2, -0.15) is 0 Å². The van der Waals surface area contributed by atoms with Gasteiger partial charge >= 0.3 is 0 Å². The molecule has 1 fully saturated rings. The number of fused-ring (bicyclic) bond motifs is 1. The summed E-state index contributed by atoms with van der Waals surface area (Å²) in [5.41, 5.74) is 3.55. The Labute approximate surface area is 171 Å². The van der Waals surface area contributed by atoms with Crippen molar-refractivity contribution in [2.45, 2.75) is 38.3 Å². The average Bonchev–Trinajstić information content (AvgIpc) is 3.10. The van der Waals surface area contributed by atoms with E-state index in [1.54, 1.807) is 17.2 Å². The third-order valence-corrected chi connectivity index (χ3v) is 6.01. The minimum absolute atomic E-state index is 0.00190. The lowest BCUT2D eigenvalue weighted by atomic mass is 9.98. The minimum Gasteiger partial charge on any atom is -0.377 e. The maximum atomic E-state index is 12.9. The van der Waals surface area contributed by atoms with Crippen molar-refractivity contribution in [3.05, 3.63) is 58.4 Å². The molecule has 1 aromatic heterocycles. The highest BCUT2D eigenvalue weighted by Gasteiger charge is 2.26. The van der Waals surface area contributed by atoms with Crippen LogP contribution in [0.25, 0.3) is 0 Å². The Bertz CT molecular complexity index is 857. The van der Waals surface area contributed by atoms with Crippen LogP contribution >= 0.6 is 11.6 Å². The maximum Gasteiger partial charge on any atom is 0.258 e. The number of amides is 1. The van der Waals surface area contributed by atoms with Crippen LogP contribution in [0.2, 0.25) is 5.02 Å². The molecule has 0 bridgehead atoms. The van der Waals surface area contributed by atoms with E-state index >= 15 is 0 Å². The van der Waals surface area contributed by atoms with E-state index < -0.39 is 0 Å². The largest absolute Gasteiger partial charge is 0.377 e. The summed E-state index contributed by atoms with van der Waals surface area (Å²) in [6, 6.07) is 8.12. The van der Waals surface area contributed by atoms with Gasteiger partial charge in [0.1, 0.15) is 0 Å². The summed E-state index contributed by atoms with van der Waals surface area (Å²) >= 11 is 6.06. The van der Waals surface area contributed by atoms with Crippen molar-refractivity contribution in [2.24, 2.45) is 0 Å². The van der Waals surface area contributed by atoms with E-state index in [9.17, 15) is 4.79 Å². The molecule has 1 aromatic carbocycles. The molecule has 0 radical (unpaired) electrons. The van der Waals surface area contributed by atoms with Crippen molar-refractivity contribution in [2.75, 3.05) is 31.6 Å². The molecule has 1 atom stereocenters. The number of aromatic nitrogens is 1. The lowest BCUT2D eigenvalue weighted by Gasteiger charge is -2.28. The Kier molecular flexibility index (Phi) is 5.95. The Morgan fingerprint density at radius 2 is 2.14 bits per heavy atom. The third-order valence-electron chi connectivity index (χ3n) is 5.78. The lowest BCUT2D eigenvalue weighted by molar-refractivity contribution is 0.0978. The second-order valence-corrected chi connectivity index (χ2v) is 8.11. The Morgan fingerprint density at radius 1 is 1.25 bits per heavy atom. The van der Waals surface area contributed by atoms with Crippen molar-refractivity contribution in [3.63, 3.8) is 0 Å². The number of benzene rings is 1. The Balaban J connectivity index is 1.37. The zero-order chi connectivity index (χ0) is 19.5. The van der Waals surface area contributed by atoms with Crippen molar-refractivity contribution in [1.29, 1.82) is 0 Å². The van der Waals surface area contributed by atoms with E-state index in [1.807, 2.05) is 24.4 Å². The molecule has 1 saturated heterocycles. The van der Waals surface area contributed by atoms with E-state index in [-0.39, 0.29) is 5.91 Å². The fourth-order valence-corrected chi connectivity index (χ4v) is 4.35. The van der Waals surface area contributed by atoms with Crippen LogP contribution in [0.5, 0.6) is 0 Å². The summed E-state index contributed by atoms with van der Waals surface area (Å²) in [7, 11) is 2.19. The van der Waals surface area contributed by atoms with Gasteiger partial charge in [-0.15, -0.1) is 0 Å². The molecule has 28 heavy (non-hydrogen) atoms. The molecule has 0 N–H and O–H groups in total. The molecule has 2 aliphatic heterocycles. The molecule has 4 rings (SSSR count). The van der Waals surface area contributed by atoms with E-state index in [2.05, 4.69) is 16.9 Å². The van der Waals surface area contributed by atoms with Crippen LogP contribution in [0.4, 0.5) is 5.69 Å². The monoisotopic (exact) mass is 399 g/mol. The molecule has 148 valence electrons. The highest BCUT2D eigenvalue weighted by atomic mass is 35.5. The van der Waals surface area contributed by atoms with Gasteiger partial charge in [-0.3, -0.25) is 9.78 Å². The molecule has 2 aliphatic rings. The second kappa shape index (κ2) is 8.60. The van der Waals surface area contributed by atoms with Gasteiger partial charge in [0.2, 0.25) is 0 Å². The van der Waals surface area contributed by atoms with Gasteiger partial charge in [-0.25, -0.2) is 0 Å². The fourth-order valence-electron chi connectivity index (χ4n) is 4.16. The van der Waals surface area contributed by atoms with Crippen molar-refractivity contribution in [1.82, 2.24) is 9.88 Å². The van der Waals surface area contributed by atoms with Gasteiger partial charge < -0.3 is 14.5 Å². The molecular formula is C22H26ClN3O2. The van der Waals surface area contributed by atoms with Gasteiger partial charge in [0.15, 0.2) is 0 Å². The molecule has 0 aliphatic carbocycles. The van der Waals surface area contributed by atoms with Crippen LogP contribution in [0, 0.1) is 0 Å². The predicted octanol–water partition coefficient (Wildman–Crippen LogP) is 3.94. The molecular weight excluding hydrogens is 374 g/mol. The zero-order valence-electron chi connectivity index (χ0n) is 16.2. The first-order valence-electron chi connectivity index (χ1n) is 9.94. The number of carbonyl (C=O) groups is 1. The van der Waals surface area contributed by atoms with Gasteiger partial charge in [0.05, 0.1) is 18.5 Å². The standard InChI is InChI=1S/C22H26ClN3O2/c1-25-8-2-3-19(25)7-10-28-15-16-11-20(14-24-13-16)26-9-6-17-12-18(23)4-5-21(17)22(26)27/h4-5,11-14,19H,2-3,6-10,15H2,1H3. The number of halogens is 1. The molecule has 2 aromatic rings. The molecule has 3 heterocycles. The van der Waals surface area contributed by atoms with Crippen molar-refractivity contribution >= 4 is 23.2 Å². The summed E-state index contributed by atoms with van der Waals surface area (Å²) in [4.78, 5) is 21.4. The van der Waals surface area contributed by atoms with Gasteiger partial charge in [0, 0.05) is 36.0 Å². The average molecular weight is 400 g/mol. The van der Waals surface area contributed by atoms with E-state index in [0.29, 0.717) is 24.2 Å². The topological polar surface area (TPSA) is 45.7 Å². The maximum absolute atomic E-state index is 12.9. The molecule has 0 spiro atoms. The van der Waals surface area contributed by atoms with Gasteiger partial charge in [0.25, 0.3) is 5.91 Å². The Morgan fingerprint density at radius 3 is 2.96 bits per heavy atom. The first kappa shape index (κ1) is 19.4. The van der Waals surface area contributed by atoms with Crippen molar-refractivity contribution in [3.8, 4) is 0 Å². The number of pyridine rings is 1. The Hall–Kier alpha value is -1.95. The fraction of sp³-hybridized carbons (Fsp3) is 0.455. The van der Waals surface area contributed by atoms with Crippen LogP contribution in [0.15, 0.2) is 36.7 Å². The molecule has 5 nitrogen and oxygen atoms in total. The summed E-state index contributed by atoms with van der Waals surface area (Å²) in [6.45, 7) is 3.09. The predicted molar refractivity (Wildman–Crippen MR) is 111 cm³/mol. The number of ether oxygens (including phenoxy) is 1. The molecule has 6 heteroatoms.